The van der Waals surface area contributed by atoms with Crippen molar-refractivity contribution in [1.82, 2.24) is 63.7 Å². The van der Waals surface area contributed by atoms with Crippen molar-refractivity contribution in [2.75, 3.05) is 236 Å². The molecule has 0 aromatic rings. The predicted molar refractivity (Wildman–Crippen MR) is 269 cm³/mol. The van der Waals surface area contributed by atoms with Gasteiger partial charge in [0.2, 0.25) is 0 Å². The zero-order valence-electron chi connectivity index (χ0n) is 44.2. The Labute approximate surface area is 386 Å². The van der Waals surface area contributed by atoms with E-state index in [1.807, 2.05) is 0 Å². The van der Waals surface area contributed by atoms with Crippen LogP contribution in [-0.4, -0.2) is 323 Å². The largest absolute Gasteiger partial charge is 0.306 e. The van der Waals surface area contributed by atoms with E-state index in [1.165, 1.54) is 170 Å². The van der Waals surface area contributed by atoms with Gasteiger partial charge in [-0.15, -0.1) is 0 Å². The lowest BCUT2D eigenvalue weighted by atomic mass is 10.00. The summed E-state index contributed by atoms with van der Waals surface area (Å²) in [5, 5.41) is 0. The monoisotopic (exact) mass is 878 g/mol. The van der Waals surface area contributed by atoms with Crippen molar-refractivity contribution in [2.45, 2.75) is 70.6 Å². The first kappa shape index (κ1) is 55.8. The molecule has 9 fully saturated rings. The van der Waals surface area contributed by atoms with Crippen LogP contribution < -0.4 is 0 Å². The van der Waals surface area contributed by atoms with Crippen molar-refractivity contribution in [3.05, 3.63) is 0 Å². The number of hydrogen-bond donors (Lipinski definition) is 0. The Bertz CT molecular complexity index is 1010. The molecule has 9 aliphatic rings. The van der Waals surface area contributed by atoms with E-state index in [1.54, 1.807) is 0 Å². The maximum absolute atomic E-state index is 2.48. The first-order valence-corrected chi connectivity index (χ1v) is 25.3. The fraction of sp³-hybridized carbons (Fsp3) is 1.00. The van der Waals surface area contributed by atoms with Crippen LogP contribution >= 0.6 is 0 Å². The second-order valence-corrected chi connectivity index (χ2v) is 22.1. The van der Waals surface area contributed by atoms with Gasteiger partial charge >= 0.3 is 0 Å². The zero-order chi connectivity index (χ0) is 45.9. The van der Waals surface area contributed by atoms with Crippen molar-refractivity contribution < 1.29 is 0 Å². The molecule has 13 heteroatoms. The van der Waals surface area contributed by atoms with Crippen LogP contribution in [-0.2, 0) is 0 Å². The Morgan fingerprint density at radius 1 is 0.274 bits per heavy atom. The average Bonchev–Trinajstić information content (AvgIpc) is 3.94. The Morgan fingerprint density at radius 2 is 0.581 bits per heavy atom. The minimum Gasteiger partial charge on any atom is -0.306 e. The third-order valence-corrected chi connectivity index (χ3v) is 15.6. The molecule has 9 rings (SSSR count). The fourth-order valence-corrected chi connectivity index (χ4v) is 10.2. The Morgan fingerprint density at radius 3 is 0.855 bits per heavy atom. The highest BCUT2D eigenvalue weighted by Gasteiger charge is 2.39. The molecule has 0 spiro atoms. The maximum Gasteiger partial charge on any atom is 0.0236 e. The Hall–Kier alpha value is -0.520. The second kappa shape index (κ2) is 29.3. The van der Waals surface area contributed by atoms with E-state index >= 15 is 0 Å². The maximum atomic E-state index is 2.48. The predicted octanol–water partition coefficient (Wildman–Crippen LogP) is 2.08. The van der Waals surface area contributed by atoms with Crippen molar-refractivity contribution in [3.8, 4) is 0 Å². The molecule has 0 radical (unpaired) electrons. The van der Waals surface area contributed by atoms with E-state index in [-0.39, 0.29) is 0 Å². The highest BCUT2D eigenvalue weighted by molar-refractivity contribution is 4.96. The van der Waals surface area contributed by atoms with Crippen molar-refractivity contribution in [3.63, 3.8) is 0 Å². The summed E-state index contributed by atoms with van der Waals surface area (Å²) in [5.41, 5.74) is 0. The van der Waals surface area contributed by atoms with Crippen LogP contribution in [0.3, 0.4) is 0 Å². The van der Waals surface area contributed by atoms with E-state index in [2.05, 4.69) is 176 Å². The van der Waals surface area contributed by atoms with Crippen LogP contribution in [0.25, 0.3) is 0 Å². The highest BCUT2D eigenvalue weighted by atomic mass is 15.3. The van der Waals surface area contributed by atoms with Crippen LogP contribution in [0.5, 0.6) is 0 Å². The summed E-state index contributed by atoms with van der Waals surface area (Å²) in [5.74, 6) is 2.94. The normalized spacial score (nSPS) is 33.5. The van der Waals surface area contributed by atoms with Crippen LogP contribution in [0, 0.1) is 17.8 Å². The number of rotatable bonds is 0. The topological polar surface area (TPSA) is 42.1 Å². The van der Waals surface area contributed by atoms with Crippen molar-refractivity contribution in [2.24, 2.45) is 17.8 Å². The number of nitrogens with zero attached hydrogens (tertiary/aromatic N) is 13. The molecule has 2 unspecified atom stereocenters. The number of likely N-dealkylation sites (N-methyl/N-ethyl adjacent to an activating group) is 10. The van der Waals surface area contributed by atoms with Crippen LogP contribution in [0.4, 0.5) is 0 Å². The van der Waals surface area contributed by atoms with E-state index < -0.39 is 0 Å². The van der Waals surface area contributed by atoms with Gasteiger partial charge in [0.05, 0.1) is 0 Å². The second-order valence-electron chi connectivity index (χ2n) is 22.1. The molecule has 62 heavy (non-hydrogen) atoms. The molecule has 9 heterocycles. The number of fused-ring (bicyclic) bond motifs is 3. The molecule has 2 bridgehead atoms. The Kier molecular flexibility index (Phi) is 26.4. The molecule has 0 aromatic carbocycles. The summed E-state index contributed by atoms with van der Waals surface area (Å²) in [6.45, 7) is 34.7. The van der Waals surface area contributed by atoms with Crippen LogP contribution in [0.2, 0.25) is 0 Å². The van der Waals surface area contributed by atoms with E-state index in [9.17, 15) is 0 Å². The van der Waals surface area contributed by atoms with E-state index in [4.69, 9.17) is 0 Å². The van der Waals surface area contributed by atoms with E-state index in [0.29, 0.717) is 0 Å². The summed E-state index contributed by atoms with van der Waals surface area (Å²) in [6, 6.07) is 3.23. The smallest absolute Gasteiger partial charge is 0.0236 e. The van der Waals surface area contributed by atoms with Gasteiger partial charge in [-0.05, 0) is 175 Å². The Balaban J connectivity index is 0.000000193. The summed E-state index contributed by atoms with van der Waals surface area (Å²) in [6.07, 6.45) is 5.53. The molecule has 9 saturated heterocycles. The lowest BCUT2D eigenvalue weighted by Gasteiger charge is -2.35. The summed E-state index contributed by atoms with van der Waals surface area (Å²) in [4.78, 5) is 31.3. The van der Waals surface area contributed by atoms with E-state index in [0.717, 1.165) is 41.9 Å². The van der Waals surface area contributed by atoms with Gasteiger partial charge in [-0.2, -0.15) is 0 Å². The summed E-state index contributed by atoms with van der Waals surface area (Å²) < 4.78 is 0. The number of hydrogen-bond acceptors (Lipinski definition) is 13. The quantitative estimate of drug-likeness (QED) is 0.358. The number of likely N-dealkylation sites (tertiary alicyclic amines) is 5. The minimum atomic E-state index is 0.740. The van der Waals surface area contributed by atoms with Gasteiger partial charge in [0.25, 0.3) is 0 Å². The van der Waals surface area contributed by atoms with Gasteiger partial charge in [0.15, 0.2) is 0 Å². The van der Waals surface area contributed by atoms with Crippen molar-refractivity contribution in [1.29, 1.82) is 0 Å². The standard InChI is InChI=1S/C8H16N2.C7H14N2.3C7H16N2.C7H15N.C6H14N2/c1-9-3-7-5-10(2)6-8(7)4-9;1-8-4-7-3-6(8)5-9(7)2;2*1-7-6-8(2)4-5-9(7)3;1-8-4-3-5-9(2)7-6-8;2*1-7-3-5-8(2)6-4-7/h7-8H,3-6H2,1-2H3;6-7H,3-5H2,1-2H3;2*7H,4-6H2,1-3H3;3-7H2,1-2H3;7H,3-6H2,1-2H3;3-6H2,1-2H3/t;6-,7-;;;;;/m.1...../s1. The van der Waals surface area contributed by atoms with Gasteiger partial charge in [-0.1, -0.05) is 6.92 Å². The number of piperazine rings is 4. The molecule has 0 aromatic heterocycles. The molecular formula is C49H107N13. The van der Waals surface area contributed by atoms with Crippen LogP contribution in [0.1, 0.15) is 46.5 Å². The van der Waals surface area contributed by atoms with Gasteiger partial charge < -0.3 is 63.7 Å². The fourth-order valence-electron chi connectivity index (χ4n) is 10.2. The average molecular weight is 878 g/mol. The van der Waals surface area contributed by atoms with Gasteiger partial charge in [-0.25, -0.2) is 0 Å². The summed E-state index contributed by atoms with van der Waals surface area (Å²) in [7, 11) is 28.6. The zero-order valence-corrected chi connectivity index (χ0v) is 44.2. The SMILES string of the molecule is CC1CCN(C)CC1.CC1CN(C)CCN1C.CC1CN(C)CCN1C.CN1CC2CN(C)CC2C1.CN1CCCN(C)CC1.CN1CCN(C)CC1.CN1C[C@H]2C[C@@H]1CN2C. The molecule has 0 N–H and O–H groups in total. The third kappa shape index (κ3) is 21.9. The molecule has 0 saturated carbocycles. The molecule has 9 aliphatic heterocycles. The highest BCUT2D eigenvalue weighted by Crippen LogP contribution is 2.29. The van der Waals surface area contributed by atoms with Gasteiger partial charge in [-0.3, -0.25) is 0 Å². The molecule has 0 amide bonds. The number of piperidine rings is 1. The molecule has 368 valence electrons. The molecule has 4 atom stereocenters. The first-order chi connectivity index (χ1) is 29.3. The molecular weight excluding hydrogens is 771 g/mol. The first-order valence-electron chi connectivity index (χ1n) is 25.3. The minimum absolute atomic E-state index is 0.740. The van der Waals surface area contributed by atoms with Gasteiger partial charge in [0, 0.05) is 142 Å². The lowest BCUT2D eigenvalue weighted by Crippen LogP contribution is -2.48. The molecule has 0 aliphatic carbocycles. The van der Waals surface area contributed by atoms with Crippen LogP contribution in [0.15, 0.2) is 0 Å². The third-order valence-electron chi connectivity index (χ3n) is 15.6. The summed E-state index contributed by atoms with van der Waals surface area (Å²) >= 11 is 0. The molecule has 13 nitrogen and oxygen atoms in total. The van der Waals surface area contributed by atoms with Gasteiger partial charge in [0.1, 0.15) is 0 Å². The lowest BCUT2D eigenvalue weighted by molar-refractivity contribution is 0.125. The van der Waals surface area contributed by atoms with Crippen molar-refractivity contribution >= 4 is 0 Å².